The predicted molar refractivity (Wildman–Crippen MR) is 91.3 cm³/mol. The van der Waals surface area contributed by atoms with E-state index in [1.165, 1.54) is 44.4 Å². The van der Waals surface area contributed by atoms with Crippen molar-refractivity contribution in [1.29, 1.82) is 0 Å². The zero-order chi connectivity index (χ0) is 18.1. The predicted octanol–water partition coefficient (Wildman–Crippen LogP) is 2.26. The molecule has 2 N–H and O–H groups in total. The van der Waals surface area contributed by atoms with Crippen LogP contribution in [0.1, 0.15) is 24.9 Å². The maximum absolute atomic E-state index is 12.3. The maximum atomic E-state index is 12.3. The van der Waals surface area contributed by atoms with Gasteiger partial charge in [0, 0.05) is 24.7 Å². The number of anilines is 1. The standard InChI is InChI=1S/C15H16N2O5S2/c1-9-13(24(21,22)17(2)3)8-12(23-9)14(18)16-11-6-4-10(5-7-11)15(19)20/h4-8H,1-3H3,(H,16,18)(H,19,20). The number of nitrogens with one attached hydrogen (secondary N) is 1. The van der Waals surface area contributed by atoms with E-state index >= 15 is 0 Å². The normalized spacial score (nSPS) is 11.5. The molecule has 0 aliphatic carbocycles. The largest absolute Gasteiger partial charge is 0.478 e. The number of carbonyl (C=O) groups excluding carboxylic acids is 1. The average Bonchev–Trinajstić information content (AvgIpc) is 2.90. The third-order valence-corrected chi connectivity index (χ3v) is 6.36. The minimum atomic E-state index is -3.61. The smallest absolute Gasteiger partial charge is 0.335 e. The number of carboxylic acid groups (broad SMARTS) is 1. The van der Waals surface area contributed by atoms with Crippen molar-refractivity contribution in [3.63, 3.8) is 0 Å². The summed E-state index contributed by atoms with van der Waals surface area (Å²) in [5.74, 6) is -1.51. The number of thiophene rings is 1. The van der Waals surface area contributed by atoms with Gasteiger partial charge in [0.05, 0.1) is 15.3 Å². The van der Waals surface area contributed by atoms with E-state index in [1.807, 2.05) is 0 Å². The number of carbonyl (C=O) groups is 2. The van der Waals surface area contributed by atoms with E-state index in [0.717, 1.165) is 15.6 Å². The molecular weight excluding hydrogens is 352 g/mol. The number of rotatable bonds is 5. The molecule has 0 aliphatic heterocycles. The van der Waals surface area contributed by atoms with Gasteiger partial charge >= 0.3 is 5.97 Å². The molecule has 1 aromatic carbocycles. The Bertz CT molecular complexity index is 883. The van der Waals surface area contributed by atoms with Crippen molar-refractivity contribution >= 4 is 38.9 Å². The van der Waals surface area contributed by atoms with Crippen molar-refractivity contribution in [3.05, 3.63) is 45.6 Å². The highest BCUT2D eigenvalue weighted by Gasteiger charge is 2.24. The number of benzene rings is 1. The van der Waals surface area contributed by atoms with Crippen molar-refractivity contribution in [2.75, 3.05) is 19.4 Å². The van der Waals surface area contributed by atoms with E-state index in [2.05, 4.69) is 5.32 Å². The van der Waals surface area contributed by atoms with Gasteiger partial charge in [0.2, 0.25) is 10.0 Å². The minimum absolute atomic E-state index is 0.101. The third-order valence-electron chi connectivity index (χ3n) is 3.24. The quantitative estimate of drug-likeness (QED) is 0.842. The number of aromatic carboxylic acids is 1. The van der Waals surface area contributed by atoms with Gasteiger partial charge < -0.3 is 10.4 Å². The molecule has 0 fully saturated rings. The van der Waals surface area contributed by atoms with E-state index in [1.54, 1.807) is 6.92 Å². The van der Waals surface area contributed by atoms with Gasteiger partial charge in [-0.15, -0.1) is 11.3 Å². The molecule has 0 radical (unpaired) electrons. The van der Waals surface area contributed by atoms with Gasteiger partial charge in [0.15, 0.2) is 0 Å². The van der Waals surface area contributed by atoms with E-state index in [-0.39, 0.29) is 15.3 Å². The fraction of sp³-hybridized carbons (Fsp3) is 0.200. The molecule has 128 valence electrons. The van der Waals surface area contributed by atoms with Crippen LogP contribution in [0.25, 0.3) is 0 Å². The molecule has 1 amide bonds. The first-order valence-electron chi connectivity index (χ1n) is 6.80. The topological polar surface area (TPSA) is 104 Å². The summed E-state index contributed by atoms with van der Waals surface area (Å²) < 4.78 is 25.5. The number of amides is 1. The average molecular weight is 368 g/mol. The lowest BCUT2D eigenvalue weighted by Crippen LogP contribution is -2.22. The lowest BCUT2D eigenvalue weighted by Gasteiger charge is -2.10. The van der Waals surface area contributed by atoms with Gasteiger partial charge in [-0.25, -0.2) is 17.5 Å². The molecule has 0 saturated heterocycles. The van der Waals surface area contributed by atoms with Crippen LogP contribution in [0.3, 0.4) is 0 Å². The molecule has 2 aromatic rings. The van der Waals surface area contributed by atoms with Crippen LogP contribution in [0.2, 0.25) is 0 Å². The lowest BCUT2D eigenvalue weighted by molar-refractivity contribution is 0.0696. The number of sulfonamides is 1. The molecule has 1 heterocycles. The van der Waals surface area contributed by atoms with Gasteiger partial charge in [-0.2, -0.15) is 0 Å². The number of hydrogen-bond acceptors (Lipinski definition) is 5. The highest BCUT2D eigenvalue weighted by atomic mass is 32.2. The Labute approximate surface area is 143 Å². The van der Waals surface area contributed by atoms with Crippen LogP contribution in [0, 0.1) is 6.92 Å². The van der Waals surface area contributed by atoms with E-state index in [0.29, 0.717) is 10.6 Å². The fourth-order valence-corrected chi connectivity index (χ4v) is 4.27. The first-order valence-corrected chi connectivity index (χ1v) is 9.06. The summed E-state index contributed by atoms with van der Waals surface area (Å²) in [4.78, 5) is 24.0. The minimum Gasteiger partial charge on any atom is -0.478 e. The molecule has 2 rings (SSSR count). The summed E-state index contributed by atoms with van der Waals surface area (Å²) in [5.41, 5.74) is 0.535. The molecule has 0 saturated carbocycles. The van der Waals surface area contributed by atoms with Crippen molar-refractivity contribution in [2.45, 2.75) is 11.8 Å². The van der Waals surface area contributed by atoms with Crippen LogP contribution in [0.5, 0.6) is 0 Å². The Morgan fingerprint density at radius 1 is 1.17 bits per heavy atom. The Kier molecular flexibility index (Phi) is 5.07. The third kappa shape index (κ3) is 3.64. The summed E-state index contributed by atoms with van der Waals surface area (Å²) in [6.07, 6.45) is 0. The van der Waals surface area contributed by atoms with Gasteiger partial charge in [0.1, 0.15) is 0 Å². The molecule has 0 aliphatic rings. The van der Waals surface area contributed by atoms with E-state index in [9.17, 15) is 18.0 Å². The van der Waals surface area contributed by atoms with Crippen molar-refractivity contribution in [3.8, 4) is 0 Å². The van der Waals surface area contributed by atoms with Crippen LogP contribution >= 0.6 is 11.3 Å². The van der Waals surface area contributed by atoms with Gasteiger partial charge in [-0.05, 0) is 37.3 Å². The SMILES string of the molecule is Cc1sc(C(=O)Nc2ccc(C(=O)O)cc2)cc1S(=O)(=O)N(C)C. The second-order valence-corrected chi connectivity index (χ2v) is 8.53. The number of nitrogens with zero attached hydrogens (tertiary/aromatic N) is 1. The number of aryl methyl sites for hydroxylation is 1. The molecule has 1 aromatic heterocycles. The molecule has 0 bridgehead atoms. The number of carboxylic acids is 1. The van der Waals surface area contributed by atoms with Crippen molar-refractivity contribution in [1.82, 2.24) is 4.31 Å². The van der Waals surface area contributed by atoms with Crippen LogP contribution in [-0.2, 0) is 10.0 Å². The van der Waals surface area contributed by atoms with Gasteiger partial charge in [0.25, 0.3) is 5.91 Å². The summed E-state index contributed by atoms with van der Waals surface area (Å²) in [5, 5.41) is 11.5. The summed E-state index contributed by atoms with van der Waals surface area (Å²) >= 11 is 1.08. The highest BCUT2D eigenvalue weighted by Crippen LogP contribution is 2.28. The zero-order valence-electron chi connectivity index (χ0n) is 13.2. The lowest BCUT2D eigenvalue weighted by atomic mass is 10.2. The Hall–Kier alpha value is -2.23. The summed E-state index contributed by atoms with van der Waals surface area (Å²) in [7, 11) is -0.756. The highest BCUT2D eigenvalue weighted by molar-refractivity contribution is 7.89. The molecule has 7 nitrogen and oxygen atoms in total. The van der Waals surface area contributed by atoms with Crippen molar-refractivity contribution in [2.24, 2.45) is 0 Å². The van der Waals surface area contributed by atoms with Crippen LogP contribution < -0.4 is 5.32 Å². The second kappa shape index (κ2) is 6.71. The maximum Gasteiger partial charge on any atom is 0.335 e. The Balaban J connectivity index is 2.24. The second-order valence-electron chi connectivity index (χ2n) is 5.16. The fourth-order valence-electron chi connectivity index (χ4n) is 1.92. The Morgan fingerprint density at radius 2 is 1.75 bits per heavy atom. The molecule has 24 heavy (non-hydrogen) atoms. The Morgan fingerprint density at radius 3 is 2.25 bits per heavy atom. The van der Waals surface area contributed by atoms with E-state index in [4.69, 9.17) is 5.11 Å². The first-order chi connectivity index (χ1) is 11.1. The van der Waals surface area contributed by atoms with Crippen LogP contribution in [0.15, 0.2) is 35.2 Å². The van der Waals surface area contributed by atoms with Crippen LogP contribution in [-0.4, -0.2) is 43.8 Å². The number of hydrogen-bond donors (Lipinski definition) is 2. The van der Waals surface area contributed by atoms with Gasteiger partial charge in [-0.3, -0.25) is 4.79 Å². The molecule has 0 unspecified atom stereocenters. The summed E-state index contributed by atoms with van der Waals surface area (Å²) in [6, 6.07) is 7.04. The summed E-state index contributed by atoms with van der Waals surface area (Å²) in [6.45, 7) is 1.64. The van der Waals surface area contributed by atoms with Gasteiger partial charge in [-0.1, -0.05) is 0 Å². The van der Waals surface area contributed by atoms with Crippen LogP contribution in [0.4, 0.5) is 5.69 Å². The van der Waals surface area contributed by atoms with E-state index < -0.39 is 21.9 Å². The molecule has 0 spiro atoms. The first kappa shape index (κ1) is 18.1. The molecule has 9 heteroatoms. The molecule has 0 atom stereocenters. The monoisotopic (exact) mass is 368 g/mol. The molecular formula is C15H16N2O5S2. The zero-order valence-corrected chi connectivity index (χ0v) is 14.9. The van der Waals surface area contributed by atoms with Crippen molar-refractivity contribution < 1.29 is 23.1 Å².